The maximum absolute atomic E-state index is 13.3. The highest BCUT2D eigenvalue weighted by molar-refractivity contribution is 9.11. The first-order valence-corrected chi connectivity index (χ1v) is 12.6. The summed E-state index contributed by atoms with van der Waals surface area (Å²) < 4.78 is 78.3. The van der Waals surface area contributed by atoms with Crippen molar-refractivity contribution in [3.63, 3.8) is 0 Å². The Bertz CT molecular complexity index is 923. The third-order valence-corrected chi connectivity index (χ3v) is 6.11. The molecule has 2 atom stereocenters. The predicted octanol–water partition coefficient (Wildman–Crippen LogP) is 10.8. The molecule has 0 N–H and O–H groups in total. The second kappa shape index (κ2) is 20.0. The van der Waals surface area contributed by atoms with Crippen molar-refractivity contribution >= 4 is 55.1 Å². The van der Waals surface area contributed by atoms with Crippen LogP contribution in [0.2, 0.25) is 10.0 Å². The van der Waals surface area contributed by atoms with Crippen LogP contribution in [0.25, 0.3) is 0 Å². The molecule has 0 radical (unpaired) electrons. The van der Waals surface area contributed by atoms with Gasteiger partial charge in [-0.1, -0.05) is 63.4 Å². The fraction of sp³-hybridized carbons (Fsp3) is 0.333. The van der Waals surface area contributed by atoms with Gasteiger partial charge in [0, 0.05) is 48.2 Å². The number of rotatable bonds is 9. The molecule has 0 aliphatic heterocycles. The normalized spacial score (nSPS) is 11.8. The fourth-order valence-corrected chi connectivity index (χ4v) is 3.31. The fourth-order valence-electron chi connectivity index (χ4n) is 2.56. The van der Waals surface area contributed by atoms with E-state index >= 15 is 0 Å². The minimum atomic E-state index is -2.32. The average Bonchev–Trinajstić information content (AvgIpc) is 2.84. The van der Waals surface area contributed by atoms with E-state index in [2.05, 4.69) is 15.9 Å². The van der Waals surface area contributed by atoms with Crippen molar-refractivity contribution < 1.29 is 35.8 Å². The van der Waals surface area contributed by atoms with Crippen molar-refractivity contribution in [2.75, 3.05) is 27.4 Å². The van der Waals surface area contributed by atoms with Crippen molar-refractivity contribution in [2.45, 2.75) is 23.6 Å². The molecule has 2 rings (SSSR count). The molecular formula is C24H24Br2Cl2F6O2. The smallest absolute Gasteiger partial charge is 0.312 e. The summed E-state index contributed by atoms with van der Waals surface area (Å²) in [5.41, 5.74) is 1.69. The van der Waals surface area contributed by atoms with Crippen molar-refractivity contribution in [2.24, 2.45) is 0 Å². The number of methoxy groups -OCH3 is 2. The van der Waals surface area contributed by atoms with Crippen molar-refractivity contribution in [3.05, 3.63) is 92.4 Å². The molecule has 202 valence electrons. The average molecular weight is 689 g/mol. The van der Waals surface area contributed by atoms with Crippen LogP contribution in [0.15, 0.2) is 71.3 Å². The first-order valence-electron chi connectivity index (χ1n) is 10.1. The molecule has 0 aromatic heterocycles. The standard InChI is InChI=1S/C12H12ClF3O.C10H12BrClO.C2BrF3/c1-17-7-6-10(11(14)12(15)16)8-2-4-9(13)5-3-8;1-13-7-6-10(11)8-2-4-9(12)5-3-8;3-1(4)2(5)6/h2-5,10H,6-7H2,1H3;2-5,10H,6-7H2,1H3;. The number of ether oxygens (including phenoxy) is 2. The Balaban J connectivity index is 0.000000569. The van der Waals surface area contributed by atoms with E-state index in [0.717, 1.165) is 18.1 Å². The quantitative estimate of drug-likeness (QED) is 0.193. The van der Waals surface area contributed by atoms with Crippen LogP contribution in [0.3, 0.4) is 0 Å². The van der Waals surface area contributed by atoms with Gasteiger partial charge in [-0.3, -0.25) is 0 Å². The zero-order valence-electron chi connectivity index (χ0n) is 19.2. The Kier molecular flexibility index (Phi) is 19.4. The molecule has 0 aliphatic rings. The zero-order chi connectivity index (χ0) is 27.7. The van der Waals surface area contributed by atoms with Crippen molar-refractivity contribution in [3.8, 4) is 0 Å². The van der Waals surface area contributed by atoms with Gasteiger partial charge >= 0.3 is 12.2 Å². The van der Waals surface area contributed by atoms with Gasteiger partial charge in [-0.05, 0) is 64.2 Å². The van der Waals surface area contributed by atoms with Crippen LogP contribution in [-0.2, 0) is 9.47 Å². The molecule has 12 heteroatoms. The minimum absolute atomic E-state index is 0.154. The van der Waals surface area contributed by atoms with Crippen LogP contribution in [-0.4, -0.2) is 27.4 Å². The number of hydrogen-bond acceptors (Lipinski definition) is 2. The SMILES string of the molecule is COCCC(Br)c1ccc(Cl)cc1.COCCC(C(F)=C(F)F)c1ccc(Cl)cc1.FC(F)=C(F)Br. The van der Waals surface area contributed by atoms with Gasteiger partial charge in [0.25, 0.3) is 0 Å². The lowest BCUT2D eigenvalue weighted by Crippen LogP contribution is -2.04. The third kappa shape index (κ3) is 15.3. The van der Waals surface area contributed by atoms with E-state index in [4.69, 9.17) is 32.7 Å². The summed E-state index contributed by atoms with van der Waals surface area (Å²) in [6.07, 6.45) is -3.49. The molecule has 2 aromatic carbocycles. The molecule has 2 unspecified atom stereocenters. The summed E-state index contributed by atoms with van der Waals surface area (Å²) in [6.45, 7) is 0.965. The Morgan fingerprint density at radius 3 is 1.47 bits per heavy atom. The third-order valence-electron chi connectivity index (χ3n) is 4.32. The van der Waals surface area contributed by atoms with E-state index in [0.29, 0.717) is 15.4 Å². The van der Waals surface area contributed by atoms with Crippen LogP contribution >= 0.6 is 55.1 Å². The Labute approximate surface area is 233 Å². The van der Waals surface area contributed by atoms with Crippen LogP contribution in [0.5, 0.6) is 0 Å². The summed E-state index contributed by atoms with van der Waals surface area (Å²) in [6, 6.07) is 14.0. The lowest BCUT2D eigenvalue weighted by Gasteiger charge is -2.14. The second-order valence-corrected chi connectivity index (χ2v) is 9.49. The second-order valence-electron chi connectivity index (χ2n) is 6.82. The number of allylic oxidation sites excluding steroid dienone is 1. The highest BCUT2D eigenvalue weighted by Crippen LogP contribution is 2.32. The molecule has 0 fully saturated rings. The zero-order valence-corrected chi connectivity index (χ0v) is 23.9. The molecule has 0 aliphatic carbocycles. The minimum Gasteiger partial charge on any atom is -0.385 e. The van der Waals surface area contributed by atoms with Crippen LogP contribution in [0, 0.1) is 0 Å². The number of benzene rings is 2. The van der Waals surface area contributed by atoms with E-state index in [-0.39, 0.29) is 13.0 Å². The number of alkyl halides is 1. The van der Waals surface area contributed by atoms with E-state index in [1.54, 1.807) is 19.2 Å². The van der Waals surface area contributed by atoms with E-state index in [1.807, 2.05) is 40.2 Å². The van der Waals surface area contributed by atoms with Crippen LogP contribution < -0.4 is 0 Å². The van der Waals surface area contributed by atoms with Gasteiger partial charge in [0.05, 0.1) is 0 Å². The Morgan fingerprint density at radius 1 is 0.722 bits per heavy atom. The van der Waals surface area contributed by atoms with E-state index < -0.39 is 28.6 Å². The Morgan fingerprint density at radius 2 is 1.11 bits per heavy atom. The largest absolute Gasteiger partial charge is 0.385 e. The summed E-state index contributed by atoms with van der Waals surface area (Å²) in [5, 5.41) is 1.25. The molecule has 0 amide bonds. The highest BCUT2D eigenvalue weighted by Gasteiger charge is 2.21. The van der Waals surface area contributed by atoms with Gasteiger partial charge < -0.3 is 9.47 Å². The predicted molar refractivity (Wildman–Crippen MR) is 140 cm³/mol. The highest BCUT2D eigenvalue weighted by atomic mass is 79.9. The van der Waals surface area contributed by atoms with Gasteiger partial charge in [0.1, 0.15) is 0 Å². The first kappa shape index (κ1) is 35.0. The summed E-state index contributed by atoms with van der Waals surface area (Å²) in [5.74, 6) is -2.40. The van der Waals surface area contributed by atoms with Gasteiger partial charge in [0.2, 0.25) is 4.74 Å². The van der Waals surface area contributed by atoms with Crippen LogP contribution in [0.4, 0.5) is 26.3 Å². The Hall–Kier alpha value is -1.04. The summed E-state index contributed by atoms with van der Waals surface area (Å²) in [4.78, 5) is 0.352. The summed E-state index contributed by atoms with van der Waals surface area (Å²) in [7, 11) is 3.15. The molecule has 0 saturated heterocycles. The lowest BCUT2D eigenvalue weighted by molar-refractivity contribution is 0.186. The topological polar surface area (TPSA) is 18.5 Å². The molecule has 0 spiro atoms. The van der Waals surface area contributed by atoms with Crippen LogP contribution in [0.1, 0.15) is 34.7 Å². The van der Waals surface area contributed by atoms with Crippen molar-refractivity contribution in [1.29, 1.82) is 0 Å². The first-order chi connectivity index (χ1) is 16.9. The summed E-state index contributed by atoms with van der Waals surface area (Å²) >= 11 is 17.0. The van der Waals surface area contributed by atoms with Gasteiger partial charge in [-0.15, -0.1) is 0 Å². The van der Waals surface area contributed by atoms with E-state index in [9.17, 15) is 26.3 Å². The molecular weight excluding hydrogens is 665 g/mol. The number of halogens is 10. The molecule has 36 heavy (non-hydrogen) atoms. The molecule has 0 bridgehead atoms. The van der Waals surface area contributed by atoms with Gasteiger partial charge in [-0.2, -0.15) is 22.0 Å². The van der Waals surface area contributed by atoms with E-state index in [1.165, 1.54) is 24.8 Å². The maximum atomic E-state index is 13.3. The number of hydrogen-bond donors (Lipinski definition) is 0. The maximum Gasteiger partial charge on any atom is 0.312 e. The van der Waals surface area contributed by atoms with Gasteiger partial charge in [-0.25, -0.2) is 4.39 Å². The van der Waals surface area contributed by atoms with Gasteiger partial charge in [0.15, 0.2) is 5.83 Å². The molecule has 0 saturated carbocycles. The molecule has 2 nitrogen and oxygen atoms in total. The monoisotopic (exact) mass is 686 g/mol. The molecule has 2 aromatic rings. The lowest BCUT2D eigenvalue weighted by atomic mass is 9.95. The molecule has 0 heterocycles. The van der Waals surface area contributed by atoms with Crippen molar-refractivity contribution in [1.82, 2.24) is 0 Å².